The predicted molar refractivity (Wildman–Crippen MR) is 169 cm³/mol. The largest absolute Gasteiger partial charge is 0.497 e. The van der Waals surface area contributed by atoms with E-state index >= 15 is 0 Å². The lowest BCUT2D eigenvalue weighted by Crippen LogP contribution is -2.46. The number of carbonyl (C=O) groups excluding carboxylic acids is 2. The molecule has 0 radical (unpaired) electrons. The van der Waals surface area contributed by atoms with Gasteiger partial charge in [-0.05, 0) is 79.1 Å². The molecule has 0 aliphatic carbocycles. The first-order chi connectivity index (χ1) is 20.5. The number of aliphatic imine (C=N–C) groups is 1. The minimum atomic E-state index is -0.610. The maximum Gasteiger partial charge on any atom is 0.238 e. The number of anilines is 1. The lowest BCUT2D eigenvalue weighted by Gasteiger charge is -2.32. The molecule has 0 saturated carbocycles. The first-order valence-corrected chi connectivity index (χ1v) is 15.2. The molecule has 1 heterocycles. The summed E-state index contributed by atoms with van der Waals surface area (Å²) in [6.45, 7) is 3.31. The molecule has 0 aromatic heterocycles. The number of benzene rings is 3. The molecule has 3 aromatic carbocycles. The summed E-state index contributed by atoms with van der Waals surface area (Å²) in [7, 11) is 3.24. The first kappa shape index (κ1) is 31.0. The summed E-state index contributed by atoms with van der Waals surface area (Å²) in [5.74, 6) is 1.89. The van der Waals surface area contributed by atoms with Crippen LogP contribution in [-0.4, -0.2) is 54.5 Å². The number of nitrogens with one attached hydrogen (secondary N) is 1. The van der Waals surface area contributed by atoms with Crippen molar-refractivity contribution in [3.63, 3.8) is 0 Å². The van der Waals surface area contributed by atoms with Gasteiger partial charge in [0.05, 0.1) is 26.5 Å². The molecule has 3 aromatic rings. The number of carbonyl (C=O) groups is 2. The number of amides is 2. The summed E-state index contributed by atoms with van der Waals surface area (Å²) in [6.07, 6.45) is 5.31. The zero-order valence-electron chi connectivity index (χ0n) is 24.5. The van der Waals surface area contributed by atoms with Crippen molar-refractivity contribution in [2.45, 2.75) is 50.7 Å². The molecule has 0 spiro atoms. The summed E-state index contributed by atoms with van der Waals surface area (Å²) in [6, 6.07) is 22.4. The second-order valence-electron chi connectivity index (χ2n) is 9.97. The Kier molecular flexibility index (Phi) is 11.7. The van der Waals surface area contributed by atoms with Gasteiger partial charge in [0.15, 0.2) is 5.17 Å². The van der Waals surface area contributed by atoms with Gasteiger partial charge in [-0.2, -0.15) is 0 Å². The molecule has 2 amide bonds. The van der Waals surface area contributed by atoms with Crippen molar-refractivity contribution in [1.29, 1.82) is 0 Å². The highest BCUT2D eigenvalue weighted by Crippen LogP contribution is 2.31. The van der Waals surface area contributed by atoms with Crippen molar-refractivity contribution in [3.8, 4) is 17.2 Å². The lowest BCUT2D eigenvalue weighted by atomic mass is 10.1. The standard InChI is InChI=1S/C33H39N3O5S/c1-4-5-6-7-22-41-29-18-12-25(13-19-29)34-32(38)30-23-31(37)36(21-20-24-8-14-27(39-2)15-9-24)33(42-30)35-26-10-16-28(40-3)17-11-26/h8-19,30H,4-7,20-23H2,1-3H3,(H,34,38). The number of thioether (sulfide) groups is 1. The van der Waals surface area contributed by atoms with Crippen LogP contribution >= 0.6 is 11.8 Å². The Labute approximate surface area is 252 Å². The van der Waals surface area contributed by atoms with Crippen LogP contribution in [0.1, 0.15) is 44.6 Å². The van der Waals surface area contributed by atoms with Gasteiger partial charge < -0.3 is 19.5 Å². The van der Waals surface area contributed by atoms with Crippen LogP contribution < -0.4 is 19.5 Å². The Balaban J connectivity index is 1.43. The Bertz CT molecular complexity index is 1330. The van der Waals surface area contributed by atoms with Gasteiger partial charge in [0.25, 0.3) is 0 Å². The smallest absolute Gasteiger partial charge is 0.238 e. The Hall–Kier alpha value is -3.98. The highest BCUT2D eigenvalue weighted by atomic mass is 32.2. The fourth-order valence-corrected chi connectivity index (χ4v) is 5.56. The quantitative estimate of drug-likeness (QED) is 0.207. The van der Waals surface area contributed by atoms with Gasteiger partial charge in [-0.15, -0.1) is 0 Å². The first-order valence-electron chi connectivity index (χ1n) is 14.4. The average molecular weight is 590 g/mol. The van der Waals surface area contributed by atoms with Crippen molar-refractivity contribution in [2.75, 3.05) is 32.7 Å². The molecule has 222 valence electrons. The molecule has 1 aliphatic heterocycles. The summed E-state index contributed by atoms with van der Waals surface area (Å²) < 4.78 is 16.3. The minimum absolute atomic E-state index is 0.0830. The van der Waals surface area contributed by atoms with E-state index in [4.69, 9.17) is 19.2 Å². The van der Waals surface area contributed by atoms with E-state index in [2.05, 4.69) is 12.2 Å². The molecular weight excluding hydrogens is 550 g/mol. The molecule has 42 heavy (non-hydrogen) atoms. The third-order valence-electron chi connectivity index (χ3n) is 6.90. The Morgan fingerprint density at radius 1 is 0.905 bits per heavy atom. The van der Waals surface area contributed by atoms with E-state index in [1.165, 1.54) is 24.6 Å². The molecule has 1 saturated heterocycles. The summed E-state index contributed by atoms with van der Waals surface area (Å²) in [5, 5.41) is 2.84. The number of hydrogen-bond donors (Lipinski definition) is 1. The van der Waals surface area contributed by atoms with E-state index in [0.29, 0.717) is 41.9 Å². The number of nitrogens with zero attached hydrogens (tertiary/aromatic N) is 2. The fourth-order valence-electron chi connectivity index (χ4n) is 4.44. The highest BCUT2D eigenvalue weighted by Gasteiger charge is 2.35. The van der Waals surface area contributed by atoms with Crippen LogP contribution in [0, 0.1) is 0 Å². The van der Waals surface area contributed by atoms with Gasteiger partial charge in [-0.25, -0.2) is 4.99 Å². The van der Waals surface area contributed by atoms with Gasteiger partial charge in [0.1, 0.15) is 22.5 Å². The molecule has 1 fully saturated rings. The maximum absolute atomic E-state index is 13.4. The van der Waals surface area contributed by atoms with Crippen LogP contribution in [-0.2, 0) is 16.0 Å². The highest BCUT2D eigenvalue weighted by molar-refractivity contribution is 8.15. The van der Waals surface area contributed by atoms with Crippen molar-refractivity contribution < 1.29 is 23.8 Å². The molecule has 1 atom stereocenters. The second-order valence-corrected chi connectivity index (χ2v) is 11.1. The average Bonchev–Trinajstić information content (AvgIpc) is 3.02. The van der Waals surface area contributed by atoms with E-state index in [1.807, 2.05) is 72.8 Å². The third kappa shape index (κ3) is 9.01. The second kappa shape index (κ2) is 15.9. The Morgan fingerprint density at radius 2 is 1.55 bits per heavy atom. The number of rotatable bonds is 14. The normalized spacial score (nSPS) is 15.9. The molecule has 8 nitrogen and oxygen atoms in total. The van der Waals surface area contributed by atoms with E-state index in [9.17, 15) is 9.59 Å². The Morgan fingerprint density at radius 3 is 2.19 bits per heavy atom. The molecule has 0 bridgehead atoms. The van der Waals surface area contributed by atoms with Crippen molar-refractivity contribution in [1.82, 2.24) is 4.90 Å². The minimum Gasteiger partial charge on any atom is -0.497 e. The van der Waals surface area contributed by atoms with E-state index in [0.717, 1.165) is 29.9 Å². The van der Waals surface area contributed by atoms with E-state index in [1.54, 1.807) is 19.1 Å². The van der Waals surface area contributed by atoms with E-state index < -0.39 is 5.25 Å². The van der Waals surface area contributed by atoms with Crippen LogP contribution in [0.25, 0.3) is 0 Å². The number of ether oxygens (including phenoxy) is 3. The van der Waals surface area contributed by atoms with Crippen molar-refractivity contribution >= 4 is 40.1 Å². The molecule has 1 aliphatic rings. The van der Waals surface area contributed by atoms with Gasteiger partial charge in [-0.3, -0.25) is 14.5 Å². The summed E-state index contributed by atoms with van der Waals surface area (Å²) in [5.41, 5.74) is 2.40. The maximum atomic E-state index is 13.4. The van der Waals surface area contributed by atoms with Crippen LogP contribution in [0.5, 0.6) is 17.2 Å². The van der Waals surface area contributed by atoms with Crippen molar-refractivity contribution in [3.05, 3.63) is 78.4 Å². The van der Waals surface area contributed by atoms with Gasteiger partial charge in [-0.1, -0.05) is 50.1 Å². The van der Waals surface area contributed by atoms with Gasteiger partial charge >= 0.3 is 0 Å². The molecule has 9 heteroatoms. The summed E-state index contributed by atoms with van der Waals surface area (Å²) in [4.78, 5) is 33.1. The van der Waals surface area contributed by atoms with Gasteiger partial charge in [0.2, 0.25) is 11.8 Å². The van der Waals surface area contributed by atoms with Crippen molar-refractivity contribution in [2.24, 2.45) is 4.99 Å². The molecule has 1 N–H and O–H groups in total. The van der Waals surface area contributed by atoms with Crippen LogP contribution in [0.3, 0.4) is 0 Å². The lowest BCUT2D eigenvalue weighted by molar-refractivity contribution is -0.129. The summed E-state index contributed by atoms with van der Waals surface area (Å²) >= 11 is 1.30. The monoisotopic (exact) mass is 589 g/mol. The zero-order chi connectivity index (χ0) is 29.7. The number of methoxy groups -OCH3 is 2. The topological polar surface area (TPSA) is 89.5 Å². The number of hydrogen-bond acceptors (Lipinski definition) is 7. The number of amidine groups is 1. The molecular formula is C33H39N3O5S. The molecule has 4 rings (SSSR count). The zero-order valence-corrected chi connectivity index (χ0v) is 25.3. The molecule has 1 unspecified atom stereocenters. The fraction of sp³-hybridized carbons (Fsp3) is 0.364. The number of unbranched alkanes of at least 4 members (excludes halogenated alkanes) is 3. The third-order valence-corrected chi connectivity index (χ3v) is 8.09. The van der Waals surface area contributed by atoms with Crippen LogP contribution in [0.2, 0.25) is 0 Å². The van der Waals surface area contributed by atoms with E-state index in [-0.39, 0.29) is 18.2 Å². The van der Waals surface area contributed by atoms with Gasteiger partial charge in [0, 0.05) is 18.7 Å². The van der Waals surface area contributed by atoms with Crippen LogP contribution in [0.15, 0.2) is 77.8 Å². The van der Waals surface area contributed by atoms with Crippen LogP contribution in [0.4, 0.5) is 11.4 Å². The predicted octanol–water partition coefficient (Wildman–Crippen LogP) is 6.87. The SMILES string of the molecule is CCCCCCOc1ccc(NC(=O)C2CC(=O)N(CCc3ccc(OC)cc3)C(=Nc3ccc(OC)cc3)S2)cc1.